The number of hydrogen-bond donors (Lipinski definition) is 1. The van der Waals surface area contributed by atoms with E-state index >= 15 is 0 Å². The molecule has 94 valence electrons. The molecule has 0 fully saturated rings. The van der Waals surface area contributed by atoms with Crippen LogP contribution in [0.4, 0.5) is 0 Å². The second-order valence-corrected chi connectivity index (χ2v) is 4.03. The summed E-state index contributed by atoms with van der Waals surface area (Å²) in [5.41, 5.74) is 7.12. The van der Waals surface area contributed by atoms with Gasteiger partial charge in [0.05, 0.1) is 5.69 Å². The Labute approximate surface area is 105 Å². The lowest BCUT2D eigenvalue weighted by Crippen LogP contribution is -2.30. The van der Waals surface area contributed by atoms with Crippen LogP contribution in [0.3, 0.4) is 0 Å². The van der Waals surface area contributed by atoms with Crippen LogP contribution in [0.5, 0.6) is 5.75 Å². The highest BCUT2D eigenvalue weighted by molar-refractivity contribution is 5.78. The van der Waals surface area contributed by atoms with E-state index in [4.69, 9.17) is 10.5 Å². The molecule has 2 rings (SSSR count). The first-order chi connectivity index (χ1) is 8.58. The Morgan fingerprint density at radius 2 is 2.22 bits per heavy atom. The molecule has 0 aliphatic heterocycles. The fourth-order valence-electron chi connectivity index (χ4n) is 1.65. The minimum Gasteiger partial charge on any atom is -0.481 e. The molecule has 1 amide bonds. The van der Waals surface area contributed by atoms with Crippen molar-refractivity contribution in [3.8, 4) is 17.0 Å². The normalized spacial score (nSPS) is 12.1. The van der Waals surface area contributed by atoms with Crippen molar-refractivity contribution < 1.29 is 9.53 Å². The van der Waals surface area contributed by atoms with E-state index in [-0.39, 0.29) is 0 Å². The van der Waals surface area contributed by atoms with Gasteiger partial charge in [0.1, 0.15) is 5.75 Å². The number of aryl methyl sites for hydroxylation is 1. The van der Waals surface area contributed by atoms with Gasteiger partial charge >= 0.3 is 0 Å². The summed E-state index contributed by atoms with van der Waals surface area (Å²) in [5, 5.41) is 4.11. The molecule has 0 spiro atoms. The molecule has 1 unspecified atom stereocenters. The quantitative estimate of drug-likeness (QED) is 0.883. The molecular weight excluding hydrogens is 230 g/mol. The number of nitrogens with two attached hydrogens (primary N) is 1. The lowest BCUT2D eigenvalue weighted by Gasteiger charge is -2.12. The zero-order valence-electron chi connectivity index (χ0n) is 10.3. The first-order valence-corrected chi connectivity index (χ1v) is 5.62. The van der Waals surface area contributed by atoms with Crippen molar-refractivity contribution in [1.29, 1.82) is 0 Å². The summed E-state index contributed by atoms with van der Waals surface area (Å²) in [6.45, 7) is 1.62. The van der Waals surface area contributed by atoms with Gasteiger partial charge in [0, 0.05) is 18.8 Å². The highest BCUT2D eigenvalue weighted by Crippen LogP contribution is 2.23. The van der Waals surface area contributed by atoms with Crippen molar-refractivity contribution in [3.63, 3.8) is 0 Å². The third-order valence-corrected chi connectivity index (χ3v) is 2.66. The number of rotatable bonds is 4. The fraction of sp³-hybridized carbons (Fsp3) is 0.231. The van der Waals surface area contributed by atoms with Gasteiger partial charge in [0.15, 0.2) is 6.10 Å². The van der Waals surface area contributed by atoms with Gasteiger partial charge in [-0.15, -0.1) is 0 Å². The standard InChI is InChI=1S/C13H15N3O2/c1-9(13(14)17)18-11-5-3-4-10(8-11)12-6-7-15-16(12)2/h3-9H,1-2H3,(H2,14,17). The molecule has 2 N–H and O–H groups in total. The summed E-state index contributed by atoms with van der Waals surface area (Å²) in [6.07, 6.45) is 1.08. The lowest BCUT2D eigenvalue weighted by atomic mass is 10.1. The van der Waals surface area contributed by atoms with E-state index in [0.717, 1.165) is 11.3 Å². The number of hydrogen-bond acceptors (Lipinski definition) is 3. The van der Waals surface area contributed by atoms with Crippen LogP contribution in [-0.2, 0) is 11.8 Å². The van der Waals surface area contributed by atoms with Gasteiger partial charge in [-0.3, -0.25) is 9.48 Å². The van der Waals surface area contributed by atoms with E-state index < -0.39 is 12.0 Å². The highest BCUT2D eigenvalue weighted by atomic mass is 16.5. The molecule has 0 aliphatic rings. The first-order valence-electron chi connectivity index (χ1n) is 5.62. The zero-order chi connectivity index (χ0) is 13.1. The Balaban J connectivity index is 2.26. The largest absolute Gasteiger partial charge is 0.481 e. The van der Waals surface area contributed by atoms with E-state index in [9.17, 15) is 4.79 Å². The average Bonchev–Trinajstić information content (AvgIpc) is 2.75. The predicted octanol–water partition coefficient (Wildman–Crippen LogP) is 1.34. The average molecular weight is 245 g/mol. The number of carbonyl (C=O) groups excluding carboxylic acids is 1. The molecule has 18 heavy (non-hydrogen) atoms. The van der Waals surface area contributed by atoms with Gasteiger partial charge in [0.25, 0.3) is 5.91 Å². The Hall–Kier alpha value is -2.30. The van der Waals surface area contributed by atoms with Crippen LogP contribution >= 0.6 is 0 Å². The summed E-state index contributed by atoms with van der Waals surface area (Å²) in [6, 6.07) is 9.39. The maximum absolute atomic E-state index is 11.0. The summed E-state index contributed by atoms with van der Waals surface area (Å²) in [4.78, 5) is 11.0. The van der Waals surface area contributed by atoms with Gasteiger partial charge in [-0.25, -0.2) is 0 Å². The van der Waals surface area contributed by atoms with Crippen LogP contribution in [0.2, 0.25) is 0 Å². The lowest BCUT2D eigenvalue weighted by molar-refractivity contribution is -0.123. The van der Waals surface area contributed by atoms with Crippen molar-refractivity contribution in [2.45, 2.75) is 13.0 Å². The molecule has 5 nitrogen and oxygen atoms in total. The Morgan fingerprint density at radius 3 is 2.83 bits per heavy atom. The monoisotopic (exact) mass is 245 g/mol. The molecule has 0 radical (unpaired) electrons. The van der Waals surface area contributed by atoms with Crippen molar-refractivity contribution in [3.05, 3.63) is 36.5 Å². The molecule has 0 aliphatic carbocycles. The van der Waals surface area contributed by atoms with Gasteiger partial charge in [-0.05, 0) is 25.1 Å². The summed E-state index contributed by atoms with van der Waals surface area (Å²) < 4.78 is 7.22. The SMILES string of the molecule is CC(Oc1cccc(-c2ccnn2C)c1)C(N)=O. The second kappa shape index (κ2) is 4.91. The van der Waals surface area contributed by atoms with E-state index in [2.05, 4.69) is 5.10 Å². The summed E-state index contributed by atoms with van der Waals surface area (Å²) in [7, 11) is 1.87. The molecular formula is C13H15N3O2. The summed E-state index contributed by atoms with van der Waals surface area (Å²) >= 11 is 0. The number of nitrogens with zero attached hydrogens (tertiary/aromatic N) is 2. The van der Waals surface area contributed by atoms with Crippen LogP contribution in [0.1, 0.15) is 6.92 Å². The van der Waals surface area contributed by atoms with E-state index in [0.29, 0.717) is 5.75 Å². The second-order valence-electron chi connectivity index (χ2n) is 4.03. The third kappa shape index (κ3) is 2.51. The van der Waals surface area contributed by atoms with Gasteiger partial charge < -0.3 is 10.5 Å². The third-order valence-electron chi connectivity index (χ3n) is 2.66. The molecule has 1 aromatic carbocycles. The molecule has 1 heterocycles. The maximum atomic E-state index is 11.0. The van der Waals surface area contributed by atoms with Gasteiger partial charge in [0.2, 0.25) is 0 Å². The number of primary amides is 1. The van der Waals surface area contributed by atoms with E-state index in [1.54, 1.807) is 23.9 Å². The molecule has 2 aromatic rings. The molecule has 1 aromatic heterocycles. The van der Waals surface area contributed by atoms with Crippen LogP contribution in [0.15, 0.2) is 36.5 Å². The summed E-state index contributed by atoms with van der Waals surface area (Å²) in [5.74, 6) is 0.126. The van der Waals surface area contributed by atoms with E-state index in [1.165, 1.54) is 0 Å². The fourth-order valence-corrected chi connectivity index (χ4v) is 1.65. The number of carbonyl (C=O) groups is 1. The van der Waals surface area contributed by atoms with Gasteiger partial charge in [-0.1, -0.05) is 12.1 Å². The zero-order valence-corrected chi connectivity index (χ0v) is 10.3. The predicted molar refractivity (Wildman–Crippen MR) is 67.9 cm³/mol. The Kier molecular flexibility index (Phi) is 3.32. The number of amides is 1. The number of benzene rings is 1. The molecule has 1 atom stereocenters. The number of ether oxygens (including phenoxy) is 1. The van der Waals surface area contributed by atoms with Crippen LogP contribution in [0, 0.1) is 0 Å². The van der Waals surface area contributed by atoms with Crippen molar-refractivity contribution in [1.82, 2.24) is 9.78 Å². The van der Waals surface area contributed by atoms with Crippen LogP contribution < -0.4 is 10.5 Å². The maximum Gasteiger partial charge on any atom is 0.258 e. The van der Waals surface area contributed by atoms with Crippen molar-refractivity contribution in [2.24, 2.45) is 12.8 Å². The smallest absolute Gasteiger partial charge is 0.258 e. The molecule has 5 heteroatoms. The van der Waals surface area contributed by atoms with Crippen molar-refractivity contribution in [2.75, 3.05) is 0 Å². The minimum absolute atomic E-state index is 0.485. The minimum atomic E-state index is -0.646. The molecule has 0 bridgehead atoms. The Bertz CT molecular complexity index is 563. The first kappa shape index (κ1) is 12.2. The van der Waals surface area contributed by atoms with Gasteiger partial charge in [-0.2, -0.15) is 5.10 Å². The Morgan fingerprint density at radius 1 is 1.44 bits per heavy atom. The van der Waals surface area contributed by atoms with Crippen LogP contribution in [0.25, 0.3) is 11.3 Å². The molecule has 0 saturated heterocycles. The van der Waals surface area contributed by atoms with E-state index in [1.807, 2.05) is 31.3 Å². The van der Waals surface area contributed by atoms with Crippen LogP contribution in [-0.4, -0.2) is 21.8 Å². The van der Waals surface area contributed by atoms with Crippen molar-refractivity contribution >= 4 is 5.91 Å². The number of aromatic nitrogens is 2. The molecule has 0 saturated carbocycles. The highest BCUT2D eigenvalue weighted by Gasteiger charge is 2.11. The topological polar surface area (TPSA) is 70.1 Å².